The summed E-state index contributed by atoms with van der Waals surface area (Å²) in [5.41, 5.74) is 0. The lowest BCUT2D eigenvalue weighted by Crippen LogP contribution is -2.16. The van der Waals surface area contributed by atoms with Crippen LogP contribution in [0.1, 0.15) is 0 Å². The van der Waals surface area contributed by atoms with Gasteiger partial charge in [0.1, 0.15) is 0 Å². The summed E-state index contributed by atoms with van der Waals surface area (Å²) in [6, 6.07) is 0. The van der Waals surface area contributed by atoms with E-state index in [-0.39, 0.29) is 11.4 Å². The van der Waals surface area contributed by atoms with Crippen LogP contribution in [0.4, 0.5) is 0 Å². The van der Waals surface area contributed by atoms with Crippen LogP contribution in [0.15, 0.2) is 0 Å². The van der Waals surface area contributed by atoms with Gasteiger partial charge in [-0.05, 0) is 0 Å². The Morgan fingerprint density at radius 2 is 2.29 bits per heavy atom. The molecule has 1 saturated heterocycles. The maximum absolute atomic E-state index is 8.90. The number of aliphatic hydroxyl groups is 1. The molecule has 0 amide bonds. The Bertz CT molecular complexity index is 58.7. The summed E-state index contributed by atoms with van der Waals surface area (Å²) >= 11 is 5.88. The maximum Gasteiger partial charge on any atom is 0.0754 e. The number of hydrogen-bond acceptors (Lipinski definition) is 3. The van der Waals surface area contributed by atoms with Gasteiger partial charge in [0.05, 0.1) is 6.10 Å². The molecule has 0 bridgehead atoms. The molecule has 1 nitrogen and oxygen atoms in total. The minimum atomic E-state index is -0.159. The van der Waals surface area contributed by atoms with Gasteiger partial charge >= 0.3 is 0 Å². The maximum atomic E-state index is 8.90. The summed E-state index contributed by atoms with van der Waals surface area (Å²) in [4.78, 5) is 0. The van der Waals surface area contributed by atoms with Crippen LogP contribution in [0.5, 0.6) is 0 Å². The summed E-state index contributed by atoms with van der Waals surface area (Å²) in [5.74, 6) is 1.87. The third-order valence-electron chi connectivity index (χ3n) is 1.02. The molecule has 0 radical (unpaired) electrons. The van der Waals surface area contributed by atoms with E-state index in [1.807, 2.05) is 0 Å². The van der Waals surface area contributed by atoms with Gasteiger partial charge in [0.25, 0.3) is 0 Å². The van der Waals surface area contributed by atoms with E-state index in [1.165, 1.54) is 0 Å². The summed E-state index contributed by atoms with van der Waals surface area (Å²) in [5, 5.41) is 9.13. The zero-order chi connectivity index (χ0) is 5.28. The Morgan fingerprint density at radius 1 is 1.57 bits per heavy atom. The van der Waals surface area contributed by atoms with Gasteiger partial charge in [0.15, 0.2) is 0 Å². The first-order valence-corrected chi connectivity index (χ1v) is 3.91. The Morgan fingerprint density at radius 3 is 2.43 bits per heavy atom. The quantitative estimate of drug-likeness (QED) is 0.470. The highest BCUT2D eigenvalue weighted by Crippen LogP contribution is 2.21. The van der Waals surface area contributed by atoms with Crippen LogP contribution in [-0.4, -0.2) is 28.0 Å². The second kappa shape index (κ2) is 2.29. The number of rotatable bonds is 0. The highest BCUT2D eigenvalue weighted by Gasteiger charge is 2.21. The average Bonchev–Trinajstić information content (AvgIpc) is 1.91. The molecule has 1 N–H and O–H groups in total. The molecule has 2 atom stereocenters. The highest BCUT2D eigenvalue weighted by molar-refractivity contribution is 8.00. The van der Waals surface area contributed by atoms with Crippen molar-refractivity contribution in [2.24, 2.45) is 0 Å². The Labute approximate surface area is 52.9 Å². The Hall–Kier alpha value is 0.660. The molecule has 0 aromatic rings. The molecule has 0 unspecified atom stereocenters. The molecule has 1 fully saturated rings. The summed E-state index contributed by atoms with van der Waals surface area (Å²) in [6.07, 6.45) is -0.159. The fourth-order valence-electron chi connectivity index (χ4n) is 0.532. The third kappa shape index (κ3) is 1.27. The molecule has 1 aliphatic rings. The van der Waals surface area contributed by atoms with Crippen molar-refractivity contribution in [1.29, 1.82) is 0 Å². The largest absolute Gasteiger partial charge is 0.391 e. The molecule has 1 heterocycles. The van der Waals surface area contributed by atoms with E-state index >= 15 is 0 Å². The van der Waals surface area contributed by atoms with Crippen LogP contribution in [0, 0.1) is 0 Å². The molecular formula is C4H8OS2. The van der Waals surface area contributed by atoms with Crippen LogP contribution in [-0.2, 0) is 0 Å². The Kier molecular flexibility index (Phi) is 1.89. The van der Waals surface area contributed by atoms with Crippen molar-refractivity contribution >= 4 is 24.4 Å². The van der Waals surface area contributed by atoms with Crippen molar-refractivity contribution in [2.45, 2.75) is 11.4 Å². The van der Waals surface area contributed by atoms with E-state index < -0.39 is 0 Å². The van der Waals surface area contributed by atoms with E-state index in [0.717, 1.165) is 11.5 Å². The van der Waals surface area contributed by atoms with Crippen molar-refractivity contribution in [3.8, 4) is 0 Å². The van der Waals surface area contributed by atoms with Gasteiger partial charge in [-0.1, -0.05) is 0 Å². The summed E-state index contributed by atoms with van der Waals surface area (Å²) in [6.45, 7) is 0. The van der Waals surface area contributed by atoms with E-state index in [0.29, 0.717) is 0 Å². The molecule has 1 aliphatic heterocycles. The predicted octanol–water partition coefficient (Wildman–Crippen LogP) is 0.393. The molecule has 3 heteroatoms. The summed E-state index contributed by atoms with van der Waals surface area (Å²) in [7, 11) is 0. The van der Waals surface area contributed by atoms with Gasteiger partial charge in [0.2, 0.25) is 0 Å². The monoisotopic (exact) mass is 136 g/mol. The second-order valence-electron chi connectivity index (χ2n) is 1.67. The lowest BCUT2D eigenvalue weighted by Gasteiger charge is -2.01. The number of thiol groups is 1. The first-order chi connectivity index (χ1) is 3.30. The van der Waals surface area contributed by atoms with Gasteiger partial charge < -0.3 is 5.11 Å². The molecule has 42 valence electrons. The number of hydrogen-bond donors (Lipinski definition) is 2. The van der Waals surface area contributed by atoms with Gasteiger partial charge in [0, 0.05) is 16.8 Å². The fraction of sp³-hybridized carbons (Fsp3) is 1.00. The van der Waals surface area contributed by atoms with Gasteiger partial charge in [-0.3, -0.25) is 0 Å². The van der Waals surface area contributed by atoms with E-state index in [1.54, 1.807) is 11.8 Å². The standard InChI is InChI=1S/C4H8OS2/c5-3-1-7-2-4(3)6/h3-6H,1-2H2/t3-,4+/m0/s1. The van der Waals surface area contributed by atoms with Crippen molar-refractivity contribution in [3.63, 3.8) is 0 Å². The lowest BCUT2D eigenvalue weighted by atomic mass is 10.3. The molecule has 0 aliphatic carbocycles. The van der Waals surface area contributed by atoms with Crippen LogP contribution in [0.3, 0.4) is 0 Å². The molecule has 1 rings (SSSR count). The van der Waals surface area contributed by atoms with Crippen molar-refractivity contribution in [1.82, 2.24) is 0 Å². The predicted molar refractivity (Wildman–Crippen MR) is 36.1 cm³/mol. The summed E-state index contributed by atoms with van der Waals surface area (Å²) < 4.78 is 0. The Balaban J connectivity index is 2.33. The molecule has 0 saturated carbocycles. The lowest BCUT2D eigenvalue weighted by molar-refractivity contribution is 0.208. The van der Waals surface area contributed by atoms with E-state index in [4.69, 9.17) is 5.11 Å². The number of aliphatic hydroxyl groups excluding tert-OH is 1. The zero-order valence-corrected chi connectivity index (χ0v) is 5.58. The van der Waals surface area contributed by atoms with Gasteiger partial charge in [-0.2, -0.15) is 24.4 Å². The molecular weight excluding hydrogens is 128 g/mol. The molecule has 7 heavy (non-hydrogen) atoms. The van der Waals surface area contributed by atoms with Crippen molar-refractivity contribution < 1.29 is 5.11 Å². The fourth-order valence-corrected chi connectivity index (χ4v) is 2.17. The first kappa shape index (κ1) is 5.79. The highest BCUT2D eigenvalue weighted by atomic mass is 32.2. The minimum Gasteiger partial charge on any atom is -0.391 e. The second-order valence-corrected chi connectivity index (χ2v) is 3.41. The zero-order valence-electron chi connectivity index (χ0n) is 3.87. The van der Waals surface area contributed by atoms with E-state index in [2.05, 4.69) is 12.6 Å². The first-order valence-electron chi connectivity index (χ1n) is 2.24. The van der Waals surface area contributed by atoms with Crippen LogP contribution < -0.4 is 0 Å². The molecule has 0 aromatic carbocycles. The molecule has 0 spiro atoms. The van der Waals surface area contributed by atoms with Gasteiger partial charge in [-0.25, -0.2) is 0 Å². The molecule has 0 aromatic heterocycles. The third-order valence-corrected chi connectivity index (χ3v) is 2.97. The van der Waals surface area contributed by atoms with Crippen LogP contribution in [0.2, 0.25) is 0 Å². The van der Waals surface area contributed by atoms with Crippen LogP contribution >= 0.6 is 24.4 Å². The van der Waals surface area contributed by atoms with E-state index in [9.17, 15) is 0 Å². The average molecular weight is 136 g/mol. The minimum absolute atomic E-state index is 0.159. The van der Waals surface area contributed by atoms with Gasteiger partial charge in [-0.15, -0.1) is 0 Å². The van der Waals surface area contributed by atoms with Crippen molar-refractivity contribution in [3.05, 3.63) is 0 Å². The van der Waals surface area contributed by atoms with Crippen molar-refractivity contribution in [2.75, 3.05) is 11.5 Å². The van der Waals surface area contributed by atoms with Crippen LogP contribution in [0.25, 0.3) is 0 Å². The smallest absolute Gasteiger partial charge is 0.0754 e. The number of thioether (sulfide) groups is 1. The SMILES string of the molecule is O[C@H]1CSC[C@H]1S. The topological polar surface area (TPSA) is 20.2 Å². The normalized spacial score (nSPS) is 42.0.